The van der Waals surface area contributed by atoms with Crippen molar-refractivity contribution in [2.75, 3.05) is 0 Å². The summed E-state index contributed by atoms with van der Waals surface area (Å²) in [5.41, 5.74) is 0. The molecule has 0 N–H and O–H groups in total. The van der Waals surface area contributed by atoms with Gasteiger partial charge in [0.1, 0.15) is 0 Å². The summed E-state index contributed by atoms with van der Waals surface area (Å²) in [5.74, 6) is 0. The molecule has 1 aromatic heterocycles. The predicted octanol–water partition coefficient (Wildman–Crippen LogP) is 2.43. The van der Waals surface area contributed by atoms with Gasteiger partial charge in [-0.15, -0.1) is 0 Å². The van der Waals surface area contributed by atoms with Gasteiger partial charge in [0, 0.05) is 25.5 Å². The standard InChI is InChI=1S/C8H13N.CHN/c1-2-3-6-9-7-4-5-8-9;1-2/h4-5,7-8H,2-3,6H2,1H3;1H. The minimum Gasteiger partial charge on any atom is -0.354 e. The number of nitrogens with zero attached hydrogens (tertiary/aromatic N) is 2. The van der Waals surface area contributed by atoms with Crippen LogP contribution in [-0.4, -0.2) is 4.57 Å². The van der Waals surface area contributed by atoms with Crippen LogP contribution in [0.25, 0.3) is 0 Å². The van der Waals surface area contributed by atoms with Gasteiger partial charge in [0.15, 0.2) is 0 Å². The number of hydrogen-bond acceptors (Lipinski definition) is 1. The molecule has 0 amide bonds. The molecule has 0 saturated heterocycles. The van der Waals surface area contributed by atoms with E-state index in [0.29, 0.717) is 0 Å². The second-order valence-electron chi connectivity index (χ2n) is 2.27. The Morgan fingerprint density at radius 3 is 2.27 bits per heavy atom. The van der Waals surface area contributed by atoms with E-state index < -0.39 is 0 Å². The molecule has 0 unspecified atom stereocenters. The minimum atomic E-state index is 1.17. The van der Waals surface area contributed by atoms with Crippen LogP contribution in [0, 0.1) is 11.8 Å². The van der Waals surface area contributed by atoms with Gasteiger partial charge in [0.2, 0.25) is 0 Å². The maximum atomic E-state index is 6.50. The van der Waals surface area contributed by atoms with Crippen LogP contribution in [0.4, 0.5) is 0 Å². The van der Waals surface area contributed by atoms with E-state index in [9.17, 15) is 0 Å². The Kier molecular flexibility index (Phi) is 6.11. The molecular weight excluding hydrogens is 136 g/mol. The van der Waals surface area contributed by atoms with Gasteiger partial charge in [0.05, 0.1) is 0 Å². The van der Waals surface area contributed by atoms with Crippen molar-refractivity contribution in [1.29, 1.82) is 5.26 Å². The van der Waals surface area contributed by atoms with Crippen molar-refractivity contribution in [3.63, 3.8) is 0 Å². The summed E-state index contributed by atoms with van der Waals surface area (Å²) < 4.78 is 2.21. The zero-order chi connectivity index (χ0) is 8.53. The lowest BCUT2D eigenvalue weighted by atomic mass is 10.3. The summed E-state index contributed by atoms with van der Waals surface area (Å²) in [6.07, 6.45) is 6.78. The van der Waals surface area contributed by atoms with E-state index in [4.69, 9.17) is 5.26 Å². The molecule has 0 aliphatic heterocycles. The molecule has 2 nitrogen and oxygen atoms in total. The fraction of sp³-hybridized carbons (Fsp3) is 0.444. The zero-order valence-corrected chi connectivity index (χ0v) is 6.90. The summed E-state index contributed by atoms with van der Waals surface area (Å²) in [6.45, 7) is 6.88. The van der Waals surface area contributed by atoms with Crippen LogP contribution in [-0.2, 0) is 6.54 Å². The molecule has 0 aromatic carbocycles. The maximum Gasteiger partial charge on any atom is 0.0462 e. The fourth-order valence-corrected chi connectivity index (χ4v) is 0.860. The van der Waals surface area contributed by atoms with Gasteiger partial charge in [0.25, 0.3) is 0 Å². The highest BCUT2D eigenvalue weighted by atomic mass is 14.9. The Labute approximate surface area is 68.1 Å². The van der Waals surface area contributed by atoms with Gasteiger partial charge in [-0.05, 0) is 18.6 Å². The third-order valence-electron chi connectivity index (χ3n) is 1.44. The molecule has 2 heteroatoms. The van der Waals surface area contributed by atoms with Gasteiger partial charge >= 0.3 is 0 Å². The summed E-state index contributed by atoms with van der Waals surface area (Å²) in [6, 6.07) is 4.13. The largest absolute Gasteiger partial charge is 0.354 e. The number of unbranched alkanes of at least 4 members (excludes halogenated alkanes) is 1. The van der Waals surface area contributed by atoms with Crippen molar-refractivity contribution < 1.29 is 0 Å². The van der Waals surface area contributed by atoms with E-state index in [2.05, 4.69) is 42.6 Å². The molecule has 0 radical (unpaired) electrons. The summed E-state index contributed by atoms with van der Waals surface area (Å²) in [7, 11) is 0. The number of aromatic nitrogens is 1. The van der Waals surface area contributed by atoms with Crippen LogP contribution in [0.15, 0.2) is 24.5 Å². The van der Waals surface area contributed by atoms with E-state index in [-0.39, 0.29) is 0 Å². The molecule has 11 heavy (non-hydrogen) atoms. The fourth-order valence-electron chi connectivity index (χ4n) is 0.860. The second kappa shape index (κ2) is 6.88. The number of hydrogen-bond donors (Lipinski definition) is 0. The molecule has 0 spiro atoms. The molecule has 0 aliphatic carbocycles. The van der Waals surface area contributed by atoms with Crippen LogP contribution in [0.5, 0.6) is 0 Å². The predicted molar refractivity (Wildman–Crippen MR) is 46.0 cm³/mol. The summed E-state index contributed by atoms with van der Waals surface area (Å²) >= 11 is 0. The monoisotopic (exact) mass is 150 g/mol. The molecular formula is C9H14N2. The van der Waals surface area contributed by atoms with Crippen molar-refractivity contribution in [2.45, 2.75) is 26.3 Å². The number of nitriles is 1. The molecule has 0 fully saturated rings. The summed E-state index contributed by atoms with van der Waals surface area (Å²) in [5, 5.41) is 6.50. The Morgan fingerprint density at radius 2 is 1.82 bits per heavy atom. The van der Waals surface area contributed by atoms with Gasteiger partial charge in [-0.1, -0.05) is 13.3 Å². The van der Waals surface area contributed by atoms with Crippen LogP contribution >= 0.6 is 0 Å². The average molecular weight is 150 g/mol. The molecule has 60 valence electrons. The highest BCUT2D eigenvalue weighted by Crippen LogP contribution is 1.94. The van der Waals surface area contributed by atoms with Crippen LogP contribution in [0.1, 0.15) is 19.8 Å². The molecule has 1 aromatic rings. The van der Waals surface area contributed by atoms with Gasteiger partial charge in [-0.3, -0.25) is 0 Å². The third kappa shape index (κ3) is 4.21. The van der Waals surface area contributed by atoms with Crippen molar-refractivity contribution in [3.05, 3.63) is 24.5 Å². The molecule has 1 rings (SSSR count). The molecule has 0 atom stereocenters. The highest BCUT2D eigenvalue weighted by molar-refractivity contribution is 4.89. The first kappa shape index (κ1) is 9.77. The first-order valence-electron chi connectivity index (χ1n) is 3.80. The summed E-state index contributed by atoms with van der Waals surface area (Å²) in [4.78, 5) is 0. The Balaban J connectivity index is 0.000000461. The molecule has 1 heterocycles. The molecule has 0 bridgehead atoms. The maximum absolute atomic E-state index is 6.50. The van der Waals surface area contributed by atoms with Crippen LogP contribution < -0.4 is 0 Å². The third-order valence-corrected chi connectivity index (χ3v) is 1.44. The highest BCUT2D eigenvalue weighted by Gasteiger charge is 1.84. The van der Waals surface area contributed by atoms with Crippen molar-refractivity contribution in [2.24, 2.45) is 0 Å². The van der Waals surface area contributed by atoms with Crippen molar-refractivity contribution >= 4 is 0 Å². The van der Waals surface area contributed by atoms with E-state index in [1.54, 1.807) is 0 Å². The van der Waals surface area contributed by atoms with Gasteiger partial charge in [-0.25, -0.2) is 5.26 Å². The lowest BCUT2D eigenvalue weighted by molar-refractivity contribution is 0.635. The number of rotatable bonds is 3. The van der Waals surface area contributed by atoms with Gasteiger partial charge < -0.3 is 4.57 Å². The average Bonchev–Trinajstić information content (AvgIpc) is 2.57. The lowest BCUT2D eigenvalue weighted by Crippen LogP contribution is -1.91. The molecule has 0 aliphatic rings. The van der Waals surface area contributed by atoms with Crippen LogP contribution in [0.3, 0.4) is 0 Å². The molecule has 0 saturated carbocycles. The number of aryl methyl sites for hydroxylation is 1. The minimum absolute atomic E-state index is 1.17. The Morgan fingerprint density at radius 1 is 1.27 bits per heavy atom. The quantitative estimate of drug-likeness (QED) is 0.650. The second-order valence-corrected chi connectivity index (χ2v) is 2.27. The SMILES string of the molecule is C#N.CCCCn1cccc1. The van der Waals surface area contributed by atoms with E-state index in [1.807, 2.05) is 0 Å². The van der Waals surface area contributed by atoms with Crippen molar-refractivity contribution in [3.8, 4) is 6.57 Å². The van der Waals surface area contributed by atoms with Crippen molar-refractivity contribution in [1.82, 2.24) is 4.57 Å². The zero-order valence-electron chi connectivity index (χ0n) is 6.90. The first-order chi connectivity index (χ1) is 5.43. The first-order valence-corrected chi connectivity index (χ1v) is 3.80. The normalized spacial score (nSPS) is 8.27. The Hall–Kier alpha value is -1.23. The lowest BCUT2D eigenvalue weighted by Gasteiger charge is -1.97. The smallest absolute Gasteiger partial charge is 0.0462 e. The topological polar surface area (TPSA) is 28.7 Å². The Bertz CT molecular complexity index is 175. The van der Waals surface area contributed by atoms with E-state index >= 15 is 0 Å². The van der Waals surface area contributed by atoms with Gasteiger partial charge in [-0.2, -0.15) is 0 Å². The van der Waals surface area contributed by atoms with E-state index in [1.165, 1.54) is 19.4 Å². The van der Waals surface area contributed by atoms with E-state index in [0.717, 1.165) is 0 Å². The van der Waals surface area contributed by atoms with Crippen LogP contribution in [0.2, 0.25) is 0 Å².